The van der Waals surface area contributed by atoms with E-state index in [1.54, 1.807) is 0 Å². The number of carboxylic acids is 1. The van der Waals surface area contributed by atoms with Crippen molar-refractivity contribution in [3.05, 3.63) is 35.1 Å². The second-order valence-corrected chi connectivity index (χ2v) is 4.20. The molecule has 0 radical (unpaired) electrons. The van der Waals surface area contributed by atoms with Crippen molar-refractivity contribution >= 4 is 11.9 Å². The van der Waals surface area contributed by atoms with E-state index in [0.717, 1.165) is 6.92 Å². The Morgan fingerprint density at radius 3 is 2.61 bits per heavy atom. The van der Waals surface area contributed by atoms with Crippen LogP contribution in [0.2, 0.25) is 0 Å². The Kier molecular flexibility index (Phi) is 4.03. The summed E-state index contributed by atoms with van der Waals surface area (Å²) in [4.78, 5) is 22.2. The van der Waals surface area contributed by atoms with Gasteiger partial charge in [0.2, 0.25) is 0 Å². The van der Waals surface area contributed by atoms with E-state index in [1.807, 2.05) is 0 Å². The second kappa shape index (κ2) is 5.14. The Balaban J connectivity index is 2.78. The van der Waals surface area contributed by atoms with Crippen molar-refractivity contribution < 1.29 is 24.2 Å². The summed E-state index contributed by atoms with van der Waals surface area (Å²) in [5.74, 6) is -2.89. The molecule has 0 saturated heterocycles. The molecule has 18 heavy (non-hydrogen) atoms. The van der Waals surface area contributed by atoms with Crippen molar-refractivity contribution in [1.82, 2.24) is 5.32 Å². The highest BCUT2D eigenvalue weighted by molar-refractivity contribution is 5.95. The van der Waals surface area contributed by atoms with Crippen molar-refractivity contribution in [2.24, 2.45) is 0 Å². The van der Waals surface area contributed by atoms with E-state index in [2.05, 4.69) is 5.32 Å². The van der Waals surface area contributed by atoms with E-state index in [0.29, 0.717) is 5.56 Å². The Bertz CT molecular complexity index is 485. The molecule has 0 fully saturated rings. The van der Waals surface area contributed by atoms with E-state index >= 15 is 0 Å². The van der Waals surface area contributed by atoms with E-state index < -0.39 is 29.8 Å². The van der Waals surface area contributed by atoms with E-state index in [1.165, 1.54) is 25.1 Å². The fraction of sp³-hybridized carbons (Fsp3) is 0.333. The van der Waals surface area contributed by atoms with Crippen molar-refractivity contribution in [2.75, 3.05) is 6.54 Å². The van der Waals surface area contributed by atoms with Gasteiger partial charge < -0.3 is 15.5 Å². The number of carbonyl (C=O) groups excluding carboxylic acids is 1. The average molecular weight is 255 g/mol. The maximum Gasteiger partial charge on any atom is 0.337 e. The SMILES string of the molecule is Cc1cccc(C(=O)NCC(C)(O)C(=O)O)c1F. The first-order valence-corrected chi connectivity index (χ1v) is 5.25. The summed E-state index contributed by atoms with van der Waals surface area (Å²) in [6.07, 6.45) is 0. The number of halogens is 1. The third-order valence-electron chi connectivity index (χ3n) is 2.49. The average Bonchev–Trinajstić information content (AvgIpc) is 2.29. The number of aliphatic hydroxyl groups is 1. The minimum Gasteiger partial charge on any atom is -0.479 e. The normalized spacial score (nSPS) is 13.8. The molecule has 1 amide bonds. The van der Waals surface area contributed by atoms with Gasteiger partial charge in [-0.15, -0.1) is 0 Å². The molecule has 0 heterocycles. The zero-order chi connectivity index (χ0) is 13.9. The van der Waals surface area contributed by atoms with Crippen molar-refractivity contribution in [2.45, 2.75) is 19.4 Å². The molecule has 1 aromatic carbocycles. The van der Waals surface area contributed by atoms with Gasteiger partial charge in [-0.2, -0.15) is 0 Å². The molecule has 1 aromatic rings. The summed E-state index contributed by atoms with van der Waals surface area (Å²) in [6.45, 7) is 2.05. The van der Waals surface area contributed by atoms with Gasteiger partial charge in [0, 0.05) is 0 Å². The van der Waals surface area contributed by atoms with Gasteiger partial charge in [0.15, 0.2) is 5.60 Å². The lowest BCUT2D eigenvalue weighted by Crippen LogP contribution is -2.46. The number of rotatable bonds is 4. The molecular formula is C12H14FNO4. The highest BCUT2D eigenvalue weighted by Crippen LogP contribution is 2.12. The molecule has 0 spiro atoms. The smallest absolute Gasteiger partial charge is 0.337 e. The summed E-state index contributed by atoms with van der Waals surface area (Å²) in [5.41, 5.74) is -1.96. The Morgan fingerprint density at radius 2 is 2.06 bits per heavy atom. The minimum atomic E-state index is -2.09. The monoisotopic (exact) mass is 255 g/mol. The van der Waals surface area contributed by atoms with Crippen LogP contribution in [0, 0.1) is 12.7 Å². The second-order valence-electron chi connectivity index (χ2n) is 4.20. The first-order chi connectivity index (χ1) is 8.25. The number of benzene rings is 1. The topological polar surface area (TPSA) is 86.6 Å². The first kappa shape index (κ1) is 14.1. The van der Waals surface area contributed by atoms with Crippen LogP contribution < -0.4 is 5.32 Å². The molecule has 0 aromatic heterocycles. The summed E-state index contributed by atoms with van der Waals surface area (Å²) in [5, 5.41) is 20.2. The predicted molar refractivity (Wildman–Crippen MR) is 61.7 cm³/mol. The number of amides is 1. The number of aliphatic carboxylic acids is 1. The quantitative estimate of drug-likeness (QED) is 0.739. The number of carbonyl (C=O) groups is 2. The highest BCUT2D eigenvalue weighted by atomic mass is 19.1. The lowest BCUT2D eigenvalue weighted by molar-refractivity contribution is -0.155. The Labute approximate surface area is 103 Å². The van der Waals surface area contributed by atoms with Crippen LogP contribution in [0.4, 0.5) is 4.39 Å². The lowest BCUT2D eigenvalue weighted by Gasteiger charge is -2.18. The van der Waals surface area contributed by atoms with Crippen LogP contribution in [0.3, 0.4) is 0 Å². The summed E-state index contributed by atoms with van der Waals surface area (Å²) in [7, 11) is 0. The van der Waals surface area contributed by atoms with Crippen molar-refractivity contribution in [1.29, 1.82) is 0 Å². The molecule has 1 rings (SSSR count). The Morgan fingerprint density at radius 1 is 1.44 bits per heavy atom. The maximum atomic E-state index is 13.6. The number of nitrogens with one attached hydrogen (secondary N) is 1. The van der Waals surface area contributed by atoms with Crippen LogP contribution in [-0.4, -0.2) is 34.2 Å². The summed E-state index contributed by atoms with van der Waals surface area (Å²) >= 11 is 0. The van der Waals surface area contributed by atoms with Crippen LogP contribution in [0.25, 0.3) is 0 Å². The van der Waals surface area contributed by atoms with Crippen LogP contribution in [0.15, 0.2) is 18.2 Å². The van der Waals surface area contributed by atoms with Gasteiger partial charge in [0.1, 0.15) is 5.82 Å². The van der Waals surface area contributed by atoms with E-state index in [4.69, 9.17) is 5.11 Å². The van der Waals surface area contributed by atoms with Crippen molar-refractivity contribution in [3.8, 4) is 0 Å². The third-order valence-corrected chi connectivity index (χ3v) is 2.49. The fourth-order valence-corrected chi connectivity index (χ4v) is 1.25. The Hall–Kier alpha value is -1.95. The number of hydrogen-bond donors (Lipinski definition) is 3. The number of carboxylic acid groups (broad SMARTS) is 1. The molecular weight excluding hydrogens is 241 g/mol. The first-order valence-electron chi connectivity index (χ1n) is 5.25. The molecule has 98 valence electrons. The van der Waals surface area contributed by atoms with Gasteiger partial charge in [-0.1, -0.05) is 12.1 Å². The van der Waals surface area contributed by atoms with Crippen LogP contribution in [0.5, 0.6) is 0 Å². The van der Waals surface area contributed by atoms with Gasteiger partial charge in [-0.25, -0.2) is 9.18 Å². The molecule has 3 N–H and O–H groups in total. The van der Waals surface area contributed by atoms with Gasteiger partial charge in [-0.05, 0) is 25.5 Å². The van der Waals surface area contributed by atoms with E-state index in [9.17, 15) is 19.1 Å². The molecule has 0 aliphatic heterocycles. The zero-order valence-corrected chi connectivity index (χ0v) is 10.0. The van der Waals surface area contributed by atoms with Crippen molar-refractivity contribution in [3.63, 3.8) is 0 Å². The van der Waals surface area contributed by atoms with E-state index in [-0.39, 0.29) is 5.56 Å². The zero-order valence-electron chi connectivity index (χ0n) is 10.0. The summed E-state index contributed by atoms with van der Waals surface area (Å²) < 4.78 is 13.6. The number of aryl methyl sites for hydroxylation is 1. The molecule has 0 saturated carbocycles. The lowest BCUT2D eigenvalue weighted by atomic mass is 10.1. The fourth-order valence-electron chi connectivity index (χ4n) is 1.25. The molecule has 0 aliphatic rings. The van der Waals surface area contributed by atoms with Gasteiger partial charge in [0.25, 0.3) is 5.91 Å². The molecule has 6 heteroatoms. The molecule has 1 unspecified atom stereocenters. The molecule has 0 aliphatic carbocycles. The maximum absolute atomic E-state index is 13.6. The largest absolute Gasteiger partial charge is 0.479 e. The molecule has 0 bridgehead atoms. The standard InChI is InChI=1S/C12H14FNO4/c1-7-4-3-5-8(9(7)13)10(15)14-6-12(2,18)11(16)17/h3-5,18H,6H2,1-2H3,(H,14,15)(H,16,17). The van der Waals surface area contributed by atoms with Crippen LogP contribution in [0.1, 0.15) is 22.8 Å². The molecule has 1 atom stereocenters. The highest BCUT2D eigenvalue weighted by Gasteiger charge is 2.30. The summed E-state index contributed by atoms with van der Waals surface area (Å²) in [6, 6.07) is 4.31. The minimum absolute atomic E-state index is 0.184. The molecule has 5 nitrogen and oxygen atoms in total. The van der Waals surface area contributed by atoms with Crippen LogP contribution in [-0.2, 0) is 4.79 Å². The van der Waals surface area contributed by atoms with Gasteiger partial charge in [-0.3, -0.25) is 4.79 Å². The van der Waals surface area contributed by atoms with Crippen LogP contribution >= 0.6 is 0 Å². The van der Waals surface area contributed by atoms with Gasteiger partial charge in [0.05, 0.1) is 12.1 Å². The number of hydrogen-bond acceptors (Lipinski definition) is 3. The third kappa shape index (κ3) is 3.04. The van der Waals surface area contributed by atoms with Gasteiger partial charge >= 0.3 is 5.97 Å². The predicted octanol–water partition coefficient (Wildman–Crippen LogP) is 0.700.